The fourth-order valence-electron chi connectivity index (χ4n) is 3.41. The fraction of sp³-hybridized carbons (Fsp3) is 0.500. The molecule has 0 radical (unpaired) electrons. The standard InChI is InChI=1S/C18H24N6O2/c1-12-11-24(6-7-26-12)16-3-2-13(8-20-16)9-21-18(25)17-14-10-19-5-4-15(14)22-23-17/h2-3,8,12,19H,4-7,9-11H2,1H3,(H,21,25)(H,22,23). The summed E-state index contributed by atoms with van der Waals surface area (Å²) in [7, 11) is 0. The number of hydrogen-bond donors (Lipinski definition) is 3. The zero-order valence-electron chi connectivity index (χ0n) is 14.9. The Hall–Kier alpha value is -2.45. The number of amides is 1. The SMILES string of the molecule is CC1CN(c2ccc(CNC(=O)c3n[nH]c4c3CNCC4)cn2)CCO1. The maximum atomic E-state index is 12.4. The Kier molecular flexibility index (Phi) is 4.85. The third-order valence-corrected chi connectivity index (χ3v) is 4.85. The van der Waals surface area contributed by atoms with Crippen LogP contribution in [-0.2, 0) is 24.2 Å². The molecule has 0 aromatic carbocycles. The average molecular weight is 356 g/mol. The normalized spacial score (nSPS) is 19.9. The number of H-pyrrole nitrogens is 1. The Morgan fingerprint density at radius 3 is 3.19 bits per heavy atom. The first-order valence-electron chi connectivity index (χ1n) is 9.07. The number of rotatable bonds is 4. The number of carbonyl (C=O) groups is 1. The largest absolute Gasteiger partial charge is 0.375 e. The fourth-order valence-corrected chi connectivity index (χ4v) is 3.41. The Morgan fingerprint density at radius 1 is 1.46 bits per heavy atom. The van der Waals surface area contributed by atoms with Gasteiger partial charge in [-0.05, 0) is 18.6 Å². The molecule has 0 spiro atoms. The summed E-state index contributed by atoms with van der Waals surface area (Å²) in [6, 6.07) is 4.00. The van der Waals surface area contributed by atoms with Crippen molar-refractivity contribution >= 4 is 11.7 Å². The second-order valence-electron chi connectivity index (χ2n) is 6.79. The molecule has 2 aliphatic rings. The van der Waals surface area contributed by atoms with Crippen LogP contribution in [0.15, 0.2) is 18.3 Å². The average Bonchev–Trinajstić information content (AvgIpc) is 3.11. The molecule has 2 aliphatic heterocycles. The van der Waals surface area contributed by atoms with Crippen LogP contribution in [0, 0.1) is 0 Å². The molecule has 2 aromatic heterocycles. The number of nitrogens with zero attached hydrogens (tertiary/aromatic N) is 3. The summed E-state index contributed by atoms with van der Waals surface area (Å²) in [5.74, 6) is 0.792. The number of carbonyl (C=O) groups excluding carboxylic acids is 1. The first kappa shape index (κ1) is 17.0. The van der Waals surface area contributed by atoms with E-state index in [1.165, 1.54) is 0 Å². The molecule has 3 N–H and O–H groups in total. The minimum atomic E-state index is -0.155. The number of fused-ring (bicyclic) bond motifs is 1. The summed E-state index contributed by atoms with van der Waals surface area (Å²) in [5.41, 5.74) is 3.48. The summed E-state index contributed by atoms with van der Waals surface area (Å²) >= 11 is 0. The van der Waals surface area contributed by atoms with Gasteiger partial charge in [-0.25, -0.2) is 4.98 Å². The monoisotopic (exact) mass is 356 g/mol. The van der Waals surface area contributed by atoms with E-state index in [0.29, 0.717) is 18.8 Å². The summed E-state index contributed by atoms with van der Waals surface area (Å²) in [6.45, 7) is 6.52. The van der Waals surface area contributed by atoms with E-state index < -0.39 is 0 Å². The quantitative estimate of drug-likeness (QED) is 0.743. The van der Waals surface area contributed by atoms with Crippen molar-refractivity contribution in [2.24, 2.45) is 0 Å². The highest BCUT2D eigenvalue weighted by Gasteiger charge is 2.21. The zero-order chi connectivity index (χ0) is 17.9. The Bertz CT molecular complexity index is 772. The first-order chi connectivity index (χ1) is 12.7. The molecule has 4 rings (SSSR count). The molecule has 1 atom stereocenters. The van der Waals surface area contributed by atoms with E-state index in [0.717, 1.165) is 55.3 Å². The van der Waals surface area contributed by atoms with Gasteiger partial charge in [0.2, 0.25) is 0 Å². The van der Waals surface area contributed by atoms with Crippen LogP contribution in [0.3, 0.4) is 0 Å². The van der Waals surface area contributed by atoms with Gasteiger partial charge in [0.25, 0.3) is 5.91 Å². The molecule has 1 saturated heterocycles. The van der Waals surface area contributed by atoms with Crippen molar-refractivity contribution in [3.63, 3.8) is 0 Å². The van der Waals surface area contributed by atoms with Crippen LogP contribution in [0.4, 0.5) is 5.82 Å². The predicted molar refractivity (Wildman–Crippen MR) is 97.0 cm³/mol. The van der Waals surface area contributed by atoms with Gasteiger partial charge < -0.3 is 20.3 Å². The third kappa shape index (κ3) is 3.56. The van der Waals surface area contributed by atoms with Crippen LogP contribution in [0.25, 0.3) is 0 Å². The first-order valence-corrected chi connectivity index (χ1v) is 9.07. The topological polar surface area (TPSA) is 95.2 Å². The summed E-state index contributed by atoms with van der Waals surface area (Å²) in [6.07, 6.45) is 2.91. The van der Waals surface area contributed by atoms with Gasteiger partial charge in [0.1, 0.15) is 5.82 Å². The lowest BCUT2D eigenvalue weighted by Crippen LogP contribution is -2.41. The zero-order valence-corrected chi connectivity index (χ0v) is 14.9. The third-order valence-electron chi connectivity index (χ3n) is 4.85. The molecular formula is C18H24N6O2. The van der Waals surface area contributed by atoms with Crippen molar-refractivity contribution in [2.75, 3.05) is 31.1 Å². The highest BCUT2D eigenvalue weighted by molar-refractivity contribution is 5.94. The van der Waals surface area contributed by atoms with Crippen LogP contribution >= 0.6 is 0 Å². The van der Waals surface area contributed by atoms with E-state index in [1.54, 1.807) is 0 Å². The van der Waals surface area contributed by atoms with Gasteiger partial charge in [0.15, 0.2) is 5.69 Å². The Labute approximate surface area is 152 Å². The second-order valence-corrected chi connectivity index (χ2v) is 6.79. The van der Waals surface area contributed by atoms with Crippen molar-refractivity contribution in [3.05, 3.63) is 40.8 Å². The number of nitrogens with one attached hydrogen (secondary N) is 3. The highest BCUT2D eigenvalue weighted by atomic mass is 16.5. The molecule has 26 heavy (non-hydrogen) atoms. The molecular weight excluding hydrogens is 332 g/mol. The van der Waals surface area contributed by atoms with Gasteiger partial charge in [-0.3, -0.25) is 9.89 Å². The van der Waals surface area contributed by atoms with Crippen molar-refractivity contribution in [1.82, 2.24) is 25.8 Å². The number of hydrogen-bond acceptors (Lipinski definition) is 6. The highest BCUT2D eigenvalue weighted by Crippen LogP contribution is 2.17. The van der Waals surface area contributed by atoms with Gasteiger partial charge in [-0.2, -0.15) is 5.10 Å². The van der Waals surface area contributed by atoms with Gasteiger partial charge in [-0.15, -0.1) is 0 Å². The maximum Gasteiger partial charge on any atom is 0.272 e. The molecule has 0 bridgehead atoms. The lowest BCUT2D eigenvalue weighted by atomic mass is 10.1. The van der Waals surface area contributed by atoms with Crippen molar-refractivity contribution < 1.29 is 9.53 Å². The number of aromatic amines is 1. The van der Waals surface area contributed by atoms with Crippen LogP contribution in [0.1, 0.15) is 34.2 Å². The molecule has 1 unspecified atom stereocenters. The van der Waals surface area contributed by atoms with Crippen LogP contribution in [-0.4, -0.2) is 53.4 Å². The van der Waals surface area contributed by atoms with E-state index >= 15 is 0 Å². The Morgan fingerprint density at radius 2 is 2.38 bits per heavy atom. The minimum Gasteiger partial charge on any atom is -0.375 e. The lowest BCUT2D eigenvalue weighted by molar-refractivity contribution is 0.0529. The number of anilines is 1. The number of morpholine rings is 1. The molecule has 8 nitrogen and oxygen atoms in total. The van der Waals surface area contributed by atoms with Gasteiger partial charge in [-0.1, -0.05) is 6.07 Å². The lowest BCUT2D eigenvalue weighted by Gasteiger charge is -2.32. The summed E-state index contributed by atoms with van der Waals surface area (Å²) < 4.78 is 5.56. The maximum absolute atomic E-state index is 12.4. The van der Waals surface area contributed by atoms with Crippen LogP contribution in [0.5, 0.6) is 0 Å². The van der Waals surface area contributed by atoms with Crippen LogP contribution in [0.2, 0.25) is 0 Å². The summed E-state index contributed by atoms with van der Waals surface area (Å²) in [4.78, 5) is 19.2. The smallest absolute Gasteiger partial charge is 0.272 e. The predicted octanol–water partition coefficient (Wildman–Crippen LogP) is 0.606. The molecule has 138 valence electrons. The Balaban J connectivity index is 1.36. The van der Waals surface area contributed by atoms with E-state index in [9.17, 15) is 4.79 Å². The molecule has 0 saturated carbocycles. The number of pyridine rings is 1. The van der Waals surface area contributed by atoms with Crippen LogP contribution < -0.4 is 15.5 Å². The molecule has 8 heteroatoms. The number of ether oxygens (including phenoxy) is 1. The minimum absolute atomic E-state index is 0.155. The van der Waals surface area contributed by atoms with Crippen molar-refractivity contribution in [3.8, 4) is 0 Å². The van der Waals surface area contributed by atoms with Crippen molar-refractivity contribution in [1.29, 1.82) is 0 Å². The van der Waals surface area contributed by atoms with E-state index in [4.69, 9.17) is 4.74 Å². The molecule has 0 aliphatic carbocycles. The van der Waals surface area contributed by atoms with E-state index in [1.807, 2.05) is 18.3 Å². The van der Waals surface area contributed by atoms with Gasteiger partial charge in [0, 0.05) is 56.6 Å². The summed E-state index contributed by atoms with van der Waals surface area (Å²) in [5, 5.41) is 13.4. The second kappa shape index (κ2) is 7.43. The van der Waals surface area contributed by atoms with Gasteiger partial charge in [0.05, 0.1) is 12.7 Å². The molecule has 2 aromatic rings. The van der Waals surface area contributed by atoms with Gasteiger partial charge >= 0.3 is 0 Å². The molecule has 1 amide bonds. The molecule has 1 fully saturated rings. The van der Waals surface area contributed by atoms with Crippen molar-refractivity contribution in [2.45, 2.75) is 32.5 Å². The molecule has 4 heterocycles. The van der Waals surface area contributed by atoms with E-state index in [2.05, 4.69) is 37.6 Å². The van der Waals surface area contributed by atoms with E-state index in [-0.39, 0.29) is 12.0 Å². The number of aromatic nitrogens is 3.